The van der Waals surface area contributed by atoms with E-state index in [-0.39, 0.29) is 11.7 Å². The lowest BCUT2D eigenvalue weighted by atomic mass is 10.2. The summed E-state index contributed by atoms with van der Waals surface area (Å²) in [6, 6.07) is 12.3. The number of benzene rings is 2. The third kappa shape index (κ3) is 3.14. The number of nitrogens with zero attached hydrogens (tertiary/aromatic N) is 2. The largest absolute Gasteiger partial charge is 0.334 e. The van der Waals surface area contributed by atoms with Crippen LogP contribution in [-0.4, -0.2) is 15.2 Å². The van der Waals surface area contributed by atoms with Crippen LogP contribution in [0.5, 0.6) is 0 Å². The van der Waals surface area contributed by atoms with Gasteiger partial charge in [-0.2, -0.15) is 0 Å². The van der Waals surface area contributed by atoms with Gasteiger partial charge >= 0.3 is 11.7 Å². The van der Waals surface area contributed by atoms with Crippen molar-refractivity contribution in [2.24, 2.45) is 14.1 Å². The van der Waals surface area contributed by atoms with E-state index >= 15 is 0 Å². The molecule has 0 aliphatic heterocycles. The summed E-state index contributed by atoms with van der Waals surface area (Å²) in [4.78, 5) is 24.0. The highest BCUT2D eigenvalue weighted by Crippen LogP contribution is 2.17. The van der Waals surface area contributed by atoms with Crippen molar-refractivity contribution >= 4 is 34.4 Å². The van der Waals surface area contributed by atoms with Crippen molar-refractivity contribution < 1.29 is 4.79 Å². The minimum atomic E-state index is -0.324. The Balaban J connectivity index is 1.71. The number of rotatable bonds is 3. The molecule has 3 aromatic rings. The van der Waals surface area contributed by atoms with Gasteiger partial charge in [0.05, 0.1) is 11.0 Å². The summed E-state index contributed by atoms with van der Waals surface area (Å²) >= 11 is 5.92. The molecule has 1 aromatic heterocycles. The van der Waals surface area contributed by atoms with Crippen molar-refractivity contribution in [3.63, 3.8) is 0 Å². The Morgan fingerprint density at radius 1 is 1.08 bits per heavy atom. The second kappa shape index (κ2) is 6.41. The van der Waals surface area contributed by atoms with Crippen LogP contribution in [0.15, 0.2) is 47.3 Å². The summed E-state index contributed by atoms with van der Waals surface area (Å²) in [5.74, 6) is 0. The van der Waals surface area contributed by atoms with E-state index < -0.39 is 0 Å². The van der Waals surface area contributed by atoms with Gasteiger partial charge in [0.1, 0.15) is 0 Å². The van der Waals surface area contributed by atoms with Crippen molar-refractivity contribution in [1.29, 1.82) is 0 Å². The molecule has 3 rings (SSSR count). The molecule has 0 saturated carbocycles. The van der Waals surface area contributed by atoms with Crippen LogP contribution in [0, 0.1) is 0 Å². The Morgan fingerprint density at radius 2 is 1.83 bits per heavy atom. The smallest absolute Gasteiger partial charge is 0.328 e. The van der Waals surface area contributed by atoms with Crippen LogP contribution in [0.2, 0.25) is 5.02 Å². The van der Waals surface area contributed by atoms with Gasteiger partial charge in [-0.05, 0) is 35.9 Å². The number of amides is 2. The Morgan fingerprint density at radius 3 is 2.58 bits per heavy atom. The Kier molecular flexibility index (Phi) is 4.31. The number of halogens is 1. The van der Waals surface area contributed by atoms with E-state index in [1.54, 1.807) is 47.5 Å². The lowest BCUT2D eigenvalue weighted by Crippen LogP contribution is -2.28. The van der Waals surface area contributed by atoms with Crippen molar-refractivity contribution in [2.75, 3.05) is 5.32 Å². The van der Waals surface area contributed by atoms with Crippen LogP contribution in [0.1, 0.15) is 5.56 Å². The van der Waals surface area contributed by atoms with Gasteiger partial charge in [0.2, 0.25) is 0 Å². The molecule has 0 radical (unpaired) electrons. The minimum absolute atomic E-state index is 0.104. The second-order valence-corrected chi connectivity index (χ2v) is 5.98. The minimum Gasteiger partial charge on any atom is -0.334 e. The summed E-state index contributed by atoms with van der Waals surface area (Å²) in [5.41, 5.74) is 3.00. The summed E-state index contributed by atoms with van der Waals surface area (Å²) in [5, 5.41) is 6.17. The molecule has 124 valence electrons. The van der Waals surface area contributed by atoms with Gasteiger partial charge in [-0.15, -0.1) is 0 Å². The van der Waals surface area contributed by atoms with Gasteiger partial charge in [-0.25, -0.2) is 9.59 Å². The number of hydrogen-bond donors (Lipinski definition) is 2. The SMILES string of the molecule is Cn1c(=O)n(C)c2cc(NC(=O)NCc3cccc(Cl)c3)ccc21. The maximum Gasteiger partial charge on any atom is 0.328 e. The van der Waals surface area contributed by atoms with E-state index in [0.717, 1.165) is 16.6 Å². The Hall–Kier alpha value is -2.73. The van der Waals surface area contributed by atoms with E-state index in [0.29, 0.717) is 17.3 Å². The fourth-order valence-electron chi connectivity index (χ4n) is 2.59. The fraction of sp³-hybridized carbons (Fsp3) is 0.176. The van der Waals surface area contributed by atoms with E-state index in [9.17, 15) is 9.59 Å². The number of hydrogen-bond acceptors (Lipinski definition) is 2. The number of urea groups is 1. The van der Waals surface area contributed by atoms with Crippen LogP contribution in [-0.2, 0) is 20.6 Å². The van der Waals surface area contributed by atoms with Crippen molar-refractivity contribution in [1.82, 2.24) is 14.5 Å². The number of aromatic nitrogens is 2. The number of carbonyl (C=O) groups is 1. The summed E-state index contributed by atoms with van der Waals surface area (Å²) in [6.45, 7) is 0.373. The topological polar surface area (TPSA) is 68.1 Å². The number of nitrogens with one attached hydrogen (secondary N) is 2. The highest BCUT2D eigenvalue weighted by Gasteiger charge is 2.09. The highest BCUT2D eigenvalue weighted by atomic mass is 35.5. The molecule has 6 nitrogen and oxygen atoms in total. The van der Waals surface area contributed by atoms with Gasteiger partial charge < -0.3 is 10.6 Å². The molecule has 0 atom stereocenters. The lowest BCUT2D eigenvalue weighted by molar-refractivity contribution is 0.251. The Labute approximate surface area is 143 Å². The predicted octanol–water partition coefficient (Wildman–Crippen LogP) is 2.85. The van der Waals surface area contributed by atoms with Gasteiger partial charge in [0.15, 0.2) is 0 Å². The van der Waals surface area contributed by atoms with E-state index in [1.807, 2.05) is 18.2 Å². The van der Waals surface area contributed by atoms with E-state index in [1.165, 1.54) is 0 Å². The molecule has 2 N–H and O–H groups in total. The molecule has 0 aliphatic carbocycles. The standard InChI is InChI=1S/C17H17ClN4O2/c1-21-14-7-6-13(9-15(14)22(2)17(21)24)20-16(23)19-10-11-4-3-5-12(18)8-11/h3-9H,10H2,1-2H3,(H2,19,20,23). The van der Waals surface area contributed by atoms with Crippen LogP contribution >= 0.6 is 11.6 Å². The van der Waals surface area contributed by atoms with Gasteiger partial charge in [-0.3, -0.25) is 9.13 Å². The molecule has 0 fully saturated rings. The normalized spacial score (nSPS) is 10.8. The molecule has 0 spiro atoms. The average molecular weight is 345 g/mol. The monoisotopic (exact) mass is 344 g/mol. The second-order valence-electron chi connectivity index (χ2n) is 5.54. The summed E-state index contributed by atoms with van der Waals surface area (Å²) in [7, 11) is 3.42. The zero-order valence-corrected chi connectivity index (χ0v) is 14.1. The molecule has 0 unspecified atom stereocenters. The molecule has 2 amide bonds. The highest BCUT2D eigenvalue weighted by molar-refractivity contribution is 6.30. The zero-order chi connectivity index (χ0) is 17.3. The number of aryl methyl sites for hydroxylation is 2. The zero-order valence-electron chi connectivity index (χ0n) is 13.3. The lowest BCUT2D eigenvalue weighted by Gasteiger charge is -2.08. The molecule has 0 bridgehead atoms. The Bertz CT molecular complexity index is 974. The molecule has 1 heterocycles. The maximum absolute atomic E-state index is 12.0. The predicted molar refractivity (Wildman–Crippen MR) is 95.5 cm³/mol. The molecule has 0 saturated heterocycles. The first-order chi connectivity index (χ1) is 11.5. The number of carbonyl (C=O) groups excluding carboxylic acids is 1. The molecule has 24 heavy (non-hydrogen) atoms. The first-order valence-electron chi connectivity index (χ1n) is 7.40. The maximum atomic E-state index is 12.0. The van der Waals surface area contributed by atoms with Gasteiger partial charge in [0, 0.05) is 31.4 Å². The van der Waals surface area contributed by atoms with Crippen LogP contribution in [0.3, 0.4) is 0 Å². The van der Waals surface area contributed by atoms with E-state index in [4.69, 9.17) is 11.6 Å². The molecule has 0 aliphatic rings. The third-order valence-electron chi connectivity index (χ3n) is 3.87. The van der Waals surface area contributed by atoms with Gasteiger partial charge in [0.25, 0.3) is 0 Å². The number of anilines is 1. The van der Waals surface area contributed by atoms with Gasteiger partial charge in [-0.1, -0.05) is 23.7 Å². The summed E-state index contributed by atoms with van der Waals surface area (Å²) in [6.07, 6.45) is 0. The first-order valence-corrected chi connectivity index (χ1v) is 7.78. The molecular formula is C17H17ClN4O2. The van der Waals surface area contributed by atoms with E-state index in [2.05, 4.69) is 10.6 Å². The number of fused-ring (bicyclic) bond motifs is 1. The van der Waals surface area contributed by atoms with Crippen molar-refractivity contribution in [2.45, 2.75) is 6.54 Å². The van der Waals surface area contributed by atoms with Crippen LogP contribution < -0.4 is 16.3 Å². The number of imidazole rings is 1. The fourth-order valence-corrected chi connectivity index (χ4v) is 2.80. The van der Waals surface area contributed by atoms with Crippen molar-refractivity contribution in [3.05, 3.63) is 63.5 Å². The molecule has 2 aromatic carbocycles. The average Bonchev–Trinajstić information content (AvgIpc) is 2.77. The van der Waals surface area contributed by atoms with Crippen molar-refractivity contribution in [3.8, 4) is 0 Å². The third-order valence-corrected chi connectivity index (χ3v) is 4.11. The quantitative estimate of drug-likeness (QED) is 0.767. The summed E-state index contributed by atoms with van der Waals surface area (Å²) < 4.78 is 3.11. The van der Waals surface area contributed by atoms with Crippen LogP contribution in [0.25, 0.3) is 11.0 Å². The molecule has 7 heteroatoms. The molecular weight excluding hydrogens is 328 g/mol. The first kappa shape index (κ1) is 16.1. The van der Waals surface area contributed by atoms with Crippen LogP contribution in [0.4, 0.5) is 10.5 Å².